The van der Waals surface area contributed by atoms with Gasteiger partial charge in [-0.25, -0.2) is 17.8 Å². The van der Waals surface area contributed by atoms with Crippen molar-refractivity contribution in [2.75, 3.05) is 16.8 Å². The highest BCUT2D eigenvalue weighted by molar-refractivity contribution is 7.93. The molecule has 0 bridgehead atoms. The first-order valence-electron chi connectivity index (χ1n) is 9.48. The van der Waals surface area contributed by atoms with Crippen LogP contribution in [0, 0.1) is 21.8 Å². The van der Waals surface area contributed by atoms with Gasteiger partial charge in [-0.15, -0.1) is 0 Å². The molecule has 0 saturated carbocycles. The van der Waals surface area contributed by atoms with E-state index < -0.39 is 38.3 Å². The molecular formula is C20H15FN4O6S2. The number of carbonyl (C=O) groups excluding carboxylic acids is 2. The number of carbonyl (C=O) groups is 2. The third kappa shape index (κ3) is 4.45. The molecule has 1 aromatic heterocycles. The zero-order valence-corrected chi connectivity index (χ0v) is 18.3. The van der Waals surface area contributed by atoms with Crippen molar-refractivity contribution in [2.45, 2.75) is 15.5 Å². The summed E-state index contributed by atoms with van der Waals surface area (Å²) in [5.41, 5.74) is -0.162. The van der Waals surface area contributed by atoms with Crippen molar-refractivity contribution in [1.82, 2.24) is 4.98 Å². The van der Waals surface area contributed by atoms with E-state index in [2.05, 4.69) is 10.3 Å². The Bertz CT molecular complexity index is 1360. The summed E-state index contributed by atoms with van der Waals surface area (Å²) in [7, 11) is -4.00. The molecule has 1 aliphatic rings. The maximum absolute atomic E-state index is 14.0. The number of halogens is 1. The van der Waals surface area contributed by atoms with E-state index in [9.17, 15) is 32.5 Å². The molecule has 1 saturated heterocycles. The van der Waals surface area contributed by atoms with Gasteiger partial charge in [0.1, 0.15) is 10.0 Å². The number of thiazole rings is 1. The number of nitrogens with one attached hydrogen (secondary N) is 1. The normalized spacial score (nSPS) is 16.1. The number of sulfone groups is 1. The number of amides is 2. The summed E-state index contributed by atoms with van der Waals surface area (Å²) in [5.74, 6) is -2.29. The van der Waals surface area contributed by atoms with Crippen molar-refractivity contribution in [2.24, 2.45) is 5.92 Å². The van der Waals surface area contributed by atoms with Crippen molar-refractivity contribution in [3.05, 3.63) is 70.7 Å². The second-order valence-corrected chi connectivity index (χ2v) is 10.3. The first-order chi connectivity index (χ1) is 15.7. The van der Waals surface area contributed by atoms with E-state index in [0.717, 1.165) is 30.5 Å². The minimum Gasteiger partial charge on any atom is -0.309 e. The van der Waals surface area contributed by atoms with Gasteiger partial charge >= 0.3 is 0 Å². The Balaban J connectivity index is 1.46. The first-order valence-corrected chi connectivity index (χ1v) is 11.8. The van der Waals surface area contributed by atoms with E-state index in [1.165, 1.54) is 23.1 Å². The van der Waals surface area contributed by atoms with Crippen LogP contribution >= 0.6 is 11.3 Å². The number of para-hydroxylation sites is 1. The van der Waals surface area contributed by atoms with Crippen molar-refractivity contribution >= 4 is 49.5 Å². The van der Waals surface area contributed by atoms with Crippen molar-refractivity contribution in [1.29, 1.82) is 0 Å². The van der Waals surface area contributed by atoms with Crippen LogP contribution in [0.15, 0.2) is 63.8 Å². The number of hydrogen-bond donors (Lipinski definition) is 1. The molecule has 1 atom stereocenters. The summed E-state index contributed by atoms with van der Waals surface area (Å²) < 4.78 is 39.3. The summed E-state index contributed by atoms with van der Waals surface area (Å²) >= 11 is 0.709. The average Bonchev–Trinajstić information content (AvgIpc) is 3.41. The van der Waals surface area contributed by atoms with Gasteiger partial charge in [0, 0.05) is 25.1 Å². The monoisotopic (exact) mass is 490 g/mol. The number of rotatable bonds is 6. The molecular weight excluding hydrogens is 475 g/mol. The third-order valence-corrected chi connectivity index (χ3v) is 8.12. The summed E-state index contributed by atoms with van der Waals surface area (Å²) in [6, 6.07) is 10.1. The van der Waals surface area contributed by atoms with Crippen LogP contribution in [0.5, 0.6) is 0 Å². The molecule has 13 heteroatoms. The van der Waals surface area contributed by atoms with Gasteiger partial charge in [-0.3, -0.25) is 19.7 Å². The quantitative estimate of drug-likeness (QED) is 0.414. The lowest BCUT2D eigenvalue weighted by atomic mass is 10.1. The third-order valence-electron chi connectivity index (χ3n) is 4.98. The fraction of sp³-hybridized carbons (Fsp3) is 0.150. The van der Waals surface area contributed by atoms with E-state index >= 15 is 0 Å². The van der Waals surface area contributed by atoms with Gasteiger partial charge in [-0.05, 0) is 24.3 Å². The predicted octanol–water partition coefficient (Wildman–Crippen LogP) is 3.01. The summed E-state index contributed by atoms with van der Waals surface area (Å²) in [6.45, 7) is -0.0229. The van der Waals surface area contributed by atoms with Crippen molar-refractivity contribution in [3.63, 3.8) is 0 Å². The van der Waals surface area contributed by atoms with Gasteiger partial charge in [0.25, 0.3) is 5.69 Å². The Kier molecular flexibility index (Phi) is 5.91. The molecule has 1 unspecified atom stereocenters. The number of nitrogens with zero attached hydrogens (tertiary/aromatic N) is 3. The van der Waals surface area contributed by atoms with Gasteiger partial charge in [-0.1, -0.05) is 23.5 Å². The molecule has 3 aromatic rings. The summed E-state index contributed by atoms with van der Waals surface area (Å²) in [5, 5.41) is 13.3. The number of aromatic nitrogens is 1. The van der Waals surface area contributed by atoms with E-state index in [1.807, 2.05) is 0 Å². The predicted molar refractivity (Wildman–Crippen MR) is 116 cm³/mol. The number of nitro benzene ring substituents is 1. The highest BCUT2D eigenvalue weighted by atomic mass is 32.2. The Hall–Kier alpha value is -3.71. The number of anilines is 2. The number of hydrogen-bond acceptors (Lipinski definition) is 8. The molecule has 4 rings (SSSR count). The van der Waals surface area contributed by atoms with Crippen LogP contribution in [-0.4, -0.2) is 36.7 Å². The maximum Gasteiger partial charge on any atom is 0.269 e. The summed E-state index contributed by atoms with van der Waals surface area (Å²) in [4.78, 5) is 40.0. The molecule has 2 amide bonds. The molecule has 0 radical (unpaired) electrons. The van der Waals surface area contributed by atoms with Crippen LogP contribution in [0.4, 0.5) is 20.9 Å². The van der Waals surface area contributed by atoms with E-state index in [0.29, 0.717) is 11.3 Å². The van der Waals surface area contributed by atoms with Crippen LogP contribution in [-0.2, 0) is 19.4 Å². The van der Waals surface area contributed by atoms with E-state index in [1.54, 1.807) is 6.07 Å². The Morgan fingerprint density at radius 3 is 2.58 bits per heavy atom. The van der Waals surface area contributed by atoms with Crippen LogP contribution in [0.3, 0.4) is 0 Å². The molecule has 0 spiro atoms. The topological polar surface area (TPSA) is 140 Å². The average molecular weight is 490 g/mol. The Morgan fingerprint density at radius 1 is 1.21 bits per heavy atom. The second-order valence-electron chi connectivity index (χ2n) is 7.08. The molecule has 33 heavy (non-hydrogen) atoms. The standard InChI is InChI=1S/C20H15FN4O6S2/c21-15-3-1-2-4-16(15)24-11-12(9-17(24)26)19(27)23-20-22-10-18(32-20)33(30,31)14-7-5-13(6-8-14)25(28)29/h1-8,10,12H,9,11H2,(H,22,23,27). The Labute approximate surface area is 190 Å². The molecule has 1 N–H and O–H groups in total. The van der Waals surface area contributed by atoms with E-state index in [-0.39, 0.29) is 38.6 Å². The van der Waals surface area contributed by atoms with Gasteiger partial charge in [0.15, 0.2) is 5.13 Å². The summed E-state index contributed by atoms with van der Waals surface area (Å²) in [6.07, 6.45) is 0.946. The van der Waals surface area contributed by atoms with Gasteiger partial charge < -0.3 is 10.2 Å². The number of non-ortho nitro benzene ring substituents is 1. The lowest BCUT2D eigenvalue weighted by molar-refractivity contribution is -0.384. The van der Waals surface area contributed by atoms with Gasteiger partial charge in [0.2, 0.25) is 21.7 Å². The molecule has 10 nitrogen and oxygen atoms in total. The van der Waals surface area contributed by atoms with Crippen LogP contribution in [0.1, 0.15) is 6.42 Å². The smallest absolute Gasteiger partial charge is 0.269 e. The van der Waals surface area contributed by atoms with Crippen molar-refractivity contribution < 1.29 is 27.3 Å². The van der Waals surface area contributed by atoms with Crippen LogP contribution in [0.25, 0.3) is 0 Å². The minimum atomic E-state index is -4.00. The molecule has 170 valence electrons. The first kappa shape index (κ1) is 22.5. The van der Waals surface area contributed by atoms with Crippen LogP contribution < -0.4 is 10.2 Å². The fourth-order valence-electron chi connectivity index (χ4n) is 3.30. The highest BCUT2D eigenvalue weighted by Crippen LogP contribution is 2.31. The molecule has 2 heterocycles. The highest BCUT2D eigenvalue weighted by Gasteiger charge is 2.36. The molecule has 2 aromatic carbocycles. The fourth-order valence-corrected chi connectivity index (χ4v) is 5.73. The maximum atomic E-state index is 14.0. The molecule has 1 aliphatic heterocycles. The number of nitro groups is 1. The van der Waals surface area contributed by atoms with E-state index in [4.69, 9.17) is 0 Å². The largest absolute Gasteiger partial charge is 0.309 e. The zero-order valence-electron chi connectivity index (χ0n) is 16.7. The zero-order chi connectivity index (χ0) is 23.8. The lowest BCUT2D eigenvalue weighted by Crippen LogP contribution is -2.28. The molecule has 1 fully saturated rings. The Morgan fingerprint density at radius 2 is 1.91 bits per heavy atom. The van der Waals surface area contributed by atoms with Gasteiger partial charge in [-0.2, -0.15) is 0 Å². The lowest BCUT2D eigenvalue weighted by Gasteiger charge is -2.17. The minimum absolute atomic E-state index is 0.0114. The molecule has 0 aliphatic carbocycles. The second kappa shape index (κ2) is 8.67. The number of benzene rings is 2. The van der Waals surface area contributed by atoms with Gasteiger partial charge in [0.05, 0.1) is 27.6 Å². The SMILES string of the molecule is O=C(Nc1ncc(S(=O)(=O)c2ccc([N+](=O)[O-])cc2)s1)C1CC(=O)N(c2ccccc2F)C1. The van der Waals surface area contributed by atoms with Crippen LogP contribution in [0.2, 0.25) is 0 Å². The van der Waals surface area contributed by atoms with Crippen molar-refractivity contribution in [3.8, 4) is 0 Å².